The number of nitrogens with zero attached hydrogens (tertiary/aromatic N) is 1. The van der Waals surface area contributed by atoms with E-state index in [0.717, 1.165) is 36.8 Å². The Morgan fingerprint density at radius 3 is 2.55 bits per heavy atom. The number of nitrogens with one attached hydrogen (secondary N) is 1. The van der Waals surface area contributed by atoms with E-state index in [0.29, 0.717) is 0 Å². The average molecular weight is 326 g/mol. The summed E-state index contributed by atoms with van der Waals surface area (Å²) in [5, 5.41) is 10.2. The maximum Gasteiger partial charge on any atom is 0.279 e. The standard InChI is InChI=1S/C16H26N2O3S/c1-13-8-6-7-11-15(13)16(19)12-17-22(20,21)18(2)14-9-4-3-5-10-14/h6-8,11,14,16-17,19H,3-5,9-10,12H2,1-2H3. The maximum absolute atomic E-state index is 12.4. The third-order valence-electron chi connectivity index (χ3n) is 4.47. The minimum absolute atomic E-state index is 0.00968. The van der Waals surface area contributed by atoms with E-state index in [4.69, 9.17) is 0 Å². The van der Waals surface area contributed by atoms with E-state index in [-0.39, 0.29) is 12.6 Å². The first-order valence-electron chi connectivity index (χ1n) is 7.88. The summed E-state index contributed by atoms with van der Waals surface area (Å²) < 4.78 is 28.7. The van der Waals surface area contributed by atoms with Gasteiger partial charge in [0.25, 0.3) is 10.2 Å². The number of aryl methyl sites for hydroxylation is 1. The molecule has 0 bridgehead atoms. The molecule has 1 atom stereocenters. The van der Waals surface area contributed by atoms with Gasteiger partial charge in [-0.05, 0) is 30.9 Å². The van der Waals surface area contributed by atoms with Gasteiger partial charge in [0.1, 0.15) is 0 Å². The molecular formula is C16H26N2O3S. The molecule has 1 saturated carbocycles. The van der Waals surface area contributed by atoms with Gasteiger partial charge < -0.3 is 5.11 Å². The van der Waals surface area contributed by atoms with E-state index in [1.54, 1.807) is 7.05 Å². The highest BCUT2D eigenvalue weighted by Crippen LogP contribution is 2.23. The van der Waals surface area contributed by atoms with Gasteiger partial charge in [0.05, 0.1) is 6.10 Å². The summed E-state index contributed by atoms with van der Waals surface area (Å²) in [4.78, 5) is 0. The number of aliphatic hydroxyl groups is 1. The predicted octanol–water partition coefficient (Wildman–Crippen LogP) is 2.13. The molecule has 1 fully saturated rings. The highest BCUT2D eigenvalue weighted by Gasteiger charge is 2.27. The van der Waals surface area contributed by atoms with E-state index < -0.39 is 16.3 Å². The molecule has 1 aliphatic rings. The zero-order valence-corrected chi connectivity index (χ0v) is 14.1. The fraction of sp³-hybridized carbons (Fsp3) is 0.625. The van der Waals surface area contributed by atoms with Crippen molar-refractivity contribution >= 4 is 10.2 Å². The van der Waals surface area contributed by atoms with Gasteiger partial charge in [-0.1, -0.05) is 43.5 Å². The molecule has 124 valence electrons. The molecule has 0 radical (unpaired) electrons. The molecule has 0 spiro atoms. The third kappa shape index (κ3) is 4.29. The molecule has 0 aliphatic heterocycles. The Morgan fingerprint density at radius 1 is 1.27 bits per heavy atom. The van der Waals surface area contributed by atoms with Crippen LogP contribution in [0.5, 0.6) is 0 Å². The lowest BCUT2D eigenvalue weighted by atomic mass is 9.96. The van der Waals surface area contributed by atoms with Gasteiger partial charge in [0.15, 0.2) is 0 Å². The van der Waals surface area contributed by atoms with Crippen molar-refractivity contribution in [3.05, 3.63) is 35.4 Å². The Hall–Kier alpha value is -0.950. The molecule has 0 aromatic heterocycles. The number of rotatable bonds is 6. The number of hydrogen-bond donors (Lipinski definition) is 2. The number of aliphatic hydroxyl groups excluding tert-OH is 1. The number of hydrogen-bond acceptors (Lipinski definition) is 3. The fourth-order valence-electron chi connectivity index (χ4n) is 3.00. The zero-order chi connectivity index (χ0) is 16.2. The van der Waals surface area contributed by atoms with Crippen molar-refractivity contribution in [2.45, 2.75) is 51.2 Å². The van der Waals surface area contributed by atoms with Crippen LogP contribution >= 0.6 is 0 Å². The van der Waals surface area contributed by atoms with Crippen molar-refractivity contribution in [1.82, 2.24) is 9.03 Å². The van der Waals surface area contributed by atoms with Crippen molar-refractivity contribution in [3.8, 4) is 0 Å². The van der Waals surface area contributed by atoms with Gasteiger partial charge in [-0.15, -0.1) is 0 Å². The maximum atomic E-state index is 12.4. The van der Waals surface area contributed by atoms with Gasteiger partial charge in [0.2, 0.25) is 0 Å². The molecule has 2 N–H and O–H groups in total. The van der Waals surface area contributed by atoms with Crippen molar-refractivity contribution < 1.29 is 13.5 Å². The van der Waals surface area contributed by atoms with Crippen LogP contribution in [0.3, 0.4) is 0 Å². The molecule has 0 saturated heterocycles. The second-order valence-electron chi connectivity index (χ2n) is 6.03. The van der Waals surface area contributed by atoms with Crippen molar-refractivity contribution in [3.63, 3.8) is 0 Å². The minimum Gasteiger partial charge on any atom is -0.387 e. The van der Waals surface area contributed by atoms with Crippen LogP contribution < -0.4 is 4.72 Å². The van der Waals surface area contributed by atoms with Crippen LogP contribution in [0.1, 0.15) is 49.3 Å². The Bertz CT molecular complexity index is 583. The van der Waals surface area contributed by atoms with E-state index in [1.807, 2.05) is 31.2 Å². The van der Waals surface area contributed by atoms with Gasteiger partial charge in [-0.3, -0.25) is 0 Å². The van der Waals surface area contributed by atoms with Crippen LogP contribution in [0, 0.1) is 6.92 Å². The second-order valence-corrected chi connectivity index (χ2v) is 7.85. The molecule has 6 heteroatoms. The normalized spacial score (nSPS) is 18.5. The van der Waals surface area contributed by atoms with Crippen molar-refractivity contribution in [1.29, 1.82) is 0 Å². The quantitative estimate of drug-likeness (QED) is 0.841. The second kappa shape index (κ2) is 7.55. The molecule has 22 heavy (non-hydrogen) atoms. The SMILES string of the molecule is Cc1ccccc1C(O)CNS(=O)(=O)N(C)C1CCCCC1. The fourth-order valence-corrected chi connectivity index (χ4v) is 4.17. The Morgan fingerprint density at radius 2 is 1.91 bits per heavy atom. The van der Waals surface area contributed by atoms with Gasteiger partial charge >= 0.3 is 0 Å². The molecule has 1 aromatic carbocycles. The summed E-state index contributed by atoms with van der Waals surface area (Å²) in [7, 11) is -1.93. The van der Waals surface area contributed by atoms with Crippen LogP contribution in [0.4, 0.5) is 0 Å². The highest BCUT2D eigenvalue weighted by molar-refractivity contribution is 7.87. The topological polar surface area (TPSA) is 69.6 Å². The lowest BCUT2D eigenvalue weighted by Crippen LogP contribution is -2.45. The van der Waals surface area contributed by atoms with Gasteiger partial charge in [-0.2, -0.15) is 17.4 Å². The lowest BCUT2D eigenvalue weighted by molar-refractivity contribution is 0.179. The summed E-state index contributed by atoms with van der Waals surface area (Å²) in [5.41, 5.74) is 1.71. The van der Waals surface area contributed by atoms with Crippen LogP contribution in [0.2, 0.25) is 0 Å². The first-order valence-corrected chi connectivity index (χ1v) is 9.32. The predicted molar refractivity (Wildman–Crippen MR) is 87.7 cm³/mol. The monoisotopic (exact) mass is 326 g/mol. The van der Waals surface area contributed by atoms with Crippen LogP contribution in [0.15, 0.2) is 24.3 Å². The Labute approximate surface area is 133 Å². The van der Waals surface area contributed by atoms with Gasteiger partial charge in [-0.25, -0.2) is 0 Å². The van der Waals surface area contributed by atoms with E-state index in [1.165, 1.54) is 10.7 Å². The van der Waals surface area contributed by atoms with Gasteiger partial charge in [0, 0.05) is 19.6 Å². The largest absolute Gasteiger partial charge is 0.387 e. The lowest BCUT2D eigenvalue weighted by Gasteiger charge is -2.30. The summed E-state index contributed by atoms with van der Waals surface area (Å²) in [6, 6.07) is 7.53. The van der Waals surface area contributed by atoms with E-state index in [9.17, 15) is 13.5 Å². The third-order valence-corrected chi connectivity index (χ3v) is 6.06. The summed E-state index contributed by atoms with van der Waals surface area (Å²) in [5.74, 6) is 0. The van der Waals surface area contributed by atoms with Crippen LogP contribution in [0.25, 0.3) is 0 Å². The summed E-state index contributed by atoms with van der Waals surface area (Å²) in [6.45, 7) is 1.89. The molecule has 5 nitrogen and oxygen atoms in total. The van der Waals surface area contributed by atoms with Crippen LogP contribution in [-0.2, 0) is 10.2 Å². The molecular weight excluding hydrogens is 300 g/mol. The zero-order valence-electron chi connectivity index (χ0n) is 13.3. The smallest absolute Gasteiger partial charge is 0.279 e. The van der Waals surface area contributed by atoms with E-state index in [2.05, 4.69) is 4.72 Å². The molecule has 0 amide bonds. The molecule has 1 aromatic rings. The highest BCUT2D eigenvalue weighted by atomic mass is 32.2. The van der Waals surface area contributed by atoms with Crippen LogP contribution in [-0.4, -0.2) is 37.5 Å². The average Bonchev–Trinajstić information content (AvgIpc) is 2.53. The molecule has 1 aliphatic carbocycles. The first-order chi connectivity index (χ1) is 10.4. The number of benzene rings is 1. The van der Waals surface area contributed by atoms with Crippen molar-refractivity contribution in [2.24, 2.45) is 0 Å². The Kier molecular flexibility index (Phi) is 5.97. The minimum atomic E-state index is -3.55. The molecule has 1 unspecified atom stereocenters. The Balaban J connectivity index is 1.95. The van der Waals surface area contributed by atoms with E-state index >= 15 is 0 Å². The summed E-state index contributed by atoms with van der Waals surface area (Å²) in [6.07, 6.45) is 4.34. The summed E-state index contributed by atoms with van der Waals surface area (Å²) >= 11 is 0. The van der Waals surface area contributed by atoms with Crippen molar-refractivity contribution in [2.75, 3.05) is 13.6 Å². The molecule has 0 heterocycles. The first kappa shape index (κ1) is 17.4. The molecule has 2 rings (SSSR count).